The lowest BCUT2D eigenvalue weighted by Crippen LogP contribution is -2.43. The van der Waals surface area contributed by atoms with Crippen LogP contribution in [0.25, 0.3) is 0 Å². The zero-order valence-corrected chi connectivity index (χ0v) is 20.9. The first-order valence-corrected chi connectivity index (χ1v) is 12.4. The van der Waals surface area contributed by atoms with Gasteiger partial charge in [0.15, 0.2) is 5.78 Å². The van der Waals surface area contributed by atoms with Crippen LogP contribution in [0.5, 0.6) is 11.5 Å². The summed E-state index contributed by atoms with van der Waals surface area (Å²) >= 11 is 0. The van der Waals surface area contributed by atoms with E-state index in [1.165, 1.54) is 43.5 Å². The van der Waals surface area contributed by atoms with Crippen LogP contribution in [0.1, 0.15) is 26.3 Å². The van der Waals surface area contributed by atoms with Gasteiger partial charge >= 0.3 is 5.97 Å². The molecule has 0 aliphatic rings. The summed E-state index contributed by atoms with van der Waals surface area (Å²) in [6, 6.07) is 21.3. The second-order valence-electron chi connectivity index (χ2n) is 8.86. The topological polar surface area (TPSA) is 96.0 Å². The zero-order chi connectivity index (χ0) is 25.6. The Kier molecular flexibility index (Phi) is 7.96. The van der Waals surface area contributed by atoms with E-state index in [9.17, 15) is 18.0 Å². The molecule has 0 saturated heterocycles. The molecule has 3 aromatic carbocycles. The van der Waals surface area contributed by atoms with Crippen molar-refractivity contribution in [2.24, 2.45) is 5.41 Å². The third-order valence-corrected chi connectivity index (χ3v) is 6.91. The number of sulfone groups is 1. The van der Waals surface area contributed by atoms with Crippen molar-refractivity contribution in [3.63, 3.8) is 0 Å². The maximum atomic E-state index is 13.2. The molecule has 3 aromatic rings. The average molecular weight is 497 g/mol. The van der Waals surface area contributed by atoms with Gasteiger partial charge in [0.05, 0.1) is 16.9 Å². The molecule has 0 aromatic heterocycles. The molecule has 8 heteroatoms. The van der Waals surface area contributed by atoms with Crippen molar-refractivity contribution in [3.05, 3.63) is 84.4 Å². The molecular weight excluding hydrogens is 468 g/mol. The number of hydrogen-bond donors (Lipinski definition) is 0. The highest BCUT2D eigenvalue weighted by molar-refractivity contribution is 7.91. The van der Waals surface area contributed by atoms with Gasteiger partial charge in [-0.25, -0.2) is 13.2 Å². The first-order valence-electron chi connectivity index (χ1n) is 10.9. The fourth-order valence-corrected chi connectivity index (χ4v) is 4.45. The molecule has 1 atom stereocenters. The summed E-state index contributed by atoms with van der Waals surface area (Å²) in [5.41, 5.74) is 0.127. The molecule has 0 aliphatic carbocycles. The largest absolute Gasteiger partial charge is 0.489 e. The van der Waals surface area contributed by atoms with Crippen LogP contribution in [-0.2, 0) is 30.8 Å². The van der Waals surface area contributed by atoms with Gasteiger partial charge < -0.3 is 14.2 Å². The Morgan fingerprint density at radius 3 is 2.09 bits per heavy atom. The van der Waals surface area contributed by atoms with E-state index >= 15 is 0 Å². The van der Waals surface area contributed by atoms with Gasteiger partial charge in [-0.2, -0.15) is 0 Å². The molecule has 0 amide bonds. The molecule has 0 saturated carbocycles. The van der Waals surface area contributed by atoms with Crippen molar-refractivity contribution >= 4 is 21.6 Å². The predicted octanol–water partition coefficient (Wildman–Crippen LogP) is 4.63. The highest BCUT2D eigenvalue weighted by Gasteiger charge is 2.37. The van der Waals surface area contributed by atoms with Crippen LogP contribution in [0.15, 0.2) is 88.7 Å². The second kappa shape index (κ2) is 10.7. The van der Waals surface area contributed by atoms with Crippen LogP contribution in [0.2, 0.25) is 0 Å². The van der Waals surface area contributed by atoms with Crippen LogP contribution in [-0.4, -0.2) is 33.4 Å². The third kappa shape index (κ3) is 6.48. The Balaban J connectivity index is 1.78. The maximum Gasteiger partial charge on any atom is 0.354 e. The summed E-state index contributed by atoms with van der Waals surface area (Å²) in [6.07, 6.45) is -1.46. The van der Waals surface area contributed by atoms with E-state index in [0.29, 0.717) is 12.4 Å². The van der Waals surface area contributed by atoms with Crippen molar-refractivity contribution in [2.75, 3.05) is 7.11 Å². The van der Waals surface area contributed by atoms with E-state index in [0.717, 1.165) is 5.56 Å². The molecule has 0 N–H and O–H groups in total. The highest BCUT2D eigenvalue weighted by Crippen LogP contribution is 2.27. The number of carbonyl (C=O) groups is 2. The number of rotatable bonds is 9. The lowest BCUT2D eigenvalue weighted by molar-refractivity contribution is -0.156. The average Bonchev–Trinajstić information content (AvgIpc) is 2.85. The summed E-state index contributed by atoms with van der Waals surface area (Å²) in [5.74, 6) is -0.685. The summed E-state index contributed by atoms with van der Waals surface area (Å²) in [7, 11) is -2.68. The van der Waals surface area contributed by atoms with Crippen LogP contribution >= 0.6 is 0 Å². The van der Waals surface area contributed by atoms with E-state index < -0.39 is 33.1 Å². The Labute approximate surface area is 205 Å². The first-order chi connectivity index (χ1) is 16.5. The van der Waals surface area contributed by atoms with Gasteiger partial charge in [-0.3, -0.25) is 4.79 Å². The number of methoxy groups -OCH3 is 1. The van der Waals surface area contributed by atoms with Crippen LogP contribution in [0.3, 0.4) is 0 Å². The van der Waals surface area contributed by atoms with E-state index in [2.05, 4.69) is 0 Å². The second-order valence-corrected chi connectivity index (χ2v) is 10.8. The normalized spacial score (nSPS) is 12.5. The molecule has 184 valence electrons. The number of hydrogen-bond acceptors (Lipinski definition) is 7. The number of carbonyl (C=O) groups excluding carboxylic acids is 2. The van der Waals surface area contributed by atoms with Crippen molar-refractivity contribution < 1.29 is 32.2 Å². The fraction of sp³-hybridized carbons (Fsp3) is 0.259. The van der Waals surface area contributed by atoms with Gasteiger partial charge in [0.2, 0.25) is 9.84 Å². The molecule has 0 radical (unpaired) electrons. The smallest absolute Gasteiger partial charge is 0.354 e. The Hall–Kier alpha value is -3.65. The van der Waals surface area contributed by atoms with Crippen molar-refractivity contribution in [3.8, 4) is 11.5 Å². The first kappa shape index (κ1) is 26.0. The number of benzene rings is 3. The number of ketones is 1. The molecular formula is C27H28O7S. The molecule has 0 aliphatic heterocycles. The lowest BCUT2D eigenvalue weighted by Gasteiger charge is -2.23. The van der Waals surface area contributed by atoms with Crippen molar-refractivity contribution in [2.45, 2.75) is 43.3 Å². The molecule has 35 heavy (non-hydrogen) atoms. The number of Topliss-reactive ketones (excluding diaryl/α,β-unsaturated/α-hetero) is 1. The van der Waals surface area contributed by atoms with E-state index in [4.69, 9.17) is 14.2 Å². The maximum absolute atomic E-state index is 13.2. The van der Waals surface area contributed by atoms with Crippen LogP contribution in [0, 0.1) is 5.41 Å². The minimum Gasteiger partial charge on any atom is -0.489 e. The highest BCUT2D eigenvalue weighted by atomic mass is 32.2. The molecule has 3 rings (SSSR count). The quantitative estimate of drug-likeness (QED) is 0.315. The number of ether oxygens (including phenoxy) is 3. The summed E-state index contributed by atoms with van der Waals surface area (Å²) in [6.45, 7) is 5.32. The summed E-state index contributed by atoms with van der Waals surface area (Å²) < 4.78 is 42.4. The fourth-order valence-electron chi connectivity index (χ4n) is 3.15. The monoisotopic (exact) mass is 496 g/mol. The lowest BCUT2D eigenvalue weighted by atomic mass is 9.87. The van der Waals surface area contributed by atoms with E-state index in [1.807, 2.05) is 30.3 Å². The van der Waals surface area contributed by atoms with E-state index in [1.54, 1.807) is 32.9 Å². The molecule has 0 bridgehead atoms. The van der Waals surface area contributed by atoms with Gasteiger partial charge in [0, 0.05) is 5.41 Å². The number of esters is 1. The van der Waals surface area contributed by atoms with Crippen molar-refractivity contribution in [1.82, 2.24) is 0 Å². The third-order valence-electron chi connectivity index (χ3n) is 5.14. The van der Waals surface area contributed by atoms with E-state index in [-0.39, 0.29) is 15.5 Å². The SMILES string of the molecule is COC(=O)C(Oc1ccc(S(=O)(=O)c2cccc(OCc3ccccc3)c2)cc1)C(=O)C(C)(C)C. The molecule has 0 spiro atoms. The van der Waals surface area contributed by atoms with Gasteiger partial charge in [0.1, 0.15) is 18.1 Å². The Morgan fingerprint density at radius 2 is 1.49 bits per heavy atom. The Bertz CT molecular complexity index is 1280. The van der Waals surface area contributed by atoms with Gasteiger partial charge in [0.25, 0.3) is 6.10 Å². The molecule has 0 fully saturated rings. The van der Waals surface area contributed by atoms with Gasteiger partial charge in [-0.1, -0.05) is 57.2 Å². The standard InChI is InChI=1S/C27H28O7S/c1-27(2,3)25(28)24(26(29)32-4)34-20-13-15-22(16-14-20)35(30,31)23-12-8-11-21(17-23)33-18-19-9-6-5-7-10-19/h5-17,24H,18H2,1-4H3. The summed E-state index contributed by atoms with van der Waals surface area (Å²) in [5, 5.41) is 0. The molecule has 1 unspecified atom stereocenters. The van der Waals surface area contributed by atoms with Crippen molar-refractivity contribution in [1.29, 1.82) is 0 Å². The van der Waals surface area contributed by atoms with Crippen LogP contribution < -0.4 is 9.47 Å². The molecule has 7 nitrogen and oxygen atoms in total. The van der Waals surface area contributed by atoms with Gasteiger partial charge in [-0.05, 0) is 48.0 Å². The minimum absolute atomic E-state index is 0.0295. The molecule has 0 heterocycles. The Morgan fingerprint density at radius 1 is 0.829 bits per heavy atom. The van der Waals surface area contributed by atoms with Gasteiger partial charge in [-0.15, -0.1) is 0 Å². The zero-order valence-electron chi connectivity index (χ0n) is 20.1. The predicted molar refractivity (Wildman–Crippen MR) is 130 cm³/mol. The van der Waals surface area contributed by atoms with Crippen LogP contribution in [0.4, 0.5) is 0 Å². The minimum atomic E-state index is -3.84. The summed E-state index contributed by atoms with van der Waals surface area (Å²) in [4.78, 5) is 24.8.